The molecule has 166 valence electrons. The maximum Gasteiger partial charge on any atom is 0.335 e. The van der Waals surface area contributed by atoms with Gasteiger partial charge in [-0.15, -0.1) is 0 Å². The number of carboxylic acids is 1. The quantitative estimate of drug-likeness (QED) is 0.472. The Balaban J connectivity index is 1.77. The number of amides is 1. The number of anilines is 1. The van der Waals surface area contributed by atoms with Crippen molar-refractivity contribution in [2.75, 3.05) is 5.32 Å². The number of carbonyl (C=O) groups is 2. The van der Waals surface area contributed by atoms with Crippen LogP contribution in [-0.2, 0) is 16.6 Å². The highest BCUT2D eigenvalue weighted by Crippen LogP contribution is 2.22. The molecule has 0 atom stereocenters. The fourth-order valence-electron chi connectivity index (χ4n) is 2.74. The largest absolute Gasteiger partial charge is 0.478 e. The second-order valence-electron chi connectivity index (χ2n) is 6.89. The Morgan fingerprint density at radius 1 is 1.03 bits per heavy atom. The number of halogens is 2. The van der Waals surface area contributed by atoms with Gasteiger partial charge in [0.15, 0.2) is 0 Å². The first-order chi connectivity index (χ1) is 15.1. The van der Waals surface area contributed by atoms with Gasteiger partial charge in [-0.25, -0.2) is 22.3 Å². The maximum atomic E-state index is 14.3. The van der Waals surface area contributed by atoms with Crippen molar-refractivity contribution in [1.29, 1.82) is 0 Å². The maximum absolute atomic E-state index is 14.3. The molecule has 0 bridgehead atoms. The minimum atomic E-state index is -4.08. The zero-order valence-corrected chi connectivity index (χ0v) is 18.3. The van der Waals surface area contributed by atoms with Crippen LogP contribution in [0.15, 0.2) is 65.6 Å². The van der Waals surface area contributed by atoms with Crippen LogP contribution < -0.4 is 10.0 Å². The Labute approximate surface area is 188 Å². The van der Waals surface area contributed by atoms with Crippen LogP contribution in [0.25, 0.3) is 0 Å². The SMILES string of the molecule is Cc1ccc(NC(=O)c2cc(S(=O)(=O)NCc3ccc(C(=O)O)cc3)ccc2F)cc1Cl. The number of aromatic carboxylic acids is 1. The number of hydrogen-bond donors (Lipinski definition) is 3. The summed E-state index contributed by atoms with van der Waals surface area (Å²) in [4.78, 5) is 23.1. The predicted octanol–water partition coefficient (Wildman–Crippen LogP) is 4.22. The van der Waals surface area contributed by atoms with E-state index in [4.69, 9.17) is 16.7 Å². The van der Waals surface area contributed by atoms with Crippen LogP contribution in [0.4, 0.5) is 10.1 Å². The average Bonchev–Trinajstić information content (AvgIpc) is 2.75. The Bertz CT molecular complexity index is 1290. The Morgan fingerprint density at radius 3 is 2.34 bits per heavy atom. The molecule has 3 aromatic carbocycles. The molecule has 0 spiro atoms. The standard InChI is InChI=1S/C22H18ClFN2O5S/c1-13-2-7-16(10-19(13)23)26-21(27)18-11-17(8-9-20(18)24)32(30,31)25-12-14-3-5-15(6-4-14)22(28)29/h2-11,25H,12H2,1H3,(H,26,27)(H,28,29). The van der Waals surface area contributed by atoms with E-state index in [1.165, 1.54) is 30.3 Å². The zero-order chi connectivity index (χ0) is 23.5. The van der Waals surface area contributed by atoms with Gasteiger partial charge in [-0.1, -0.05) is 29.8 Å². The second kappa shape index (κ2) is 9.47. The van der Waals surface area contributed by atoms with Gasteiger partial charge in [-0.2, -0.15) is 0 Å². The monoisotopic (exact) mass is 476 g/mol. The Hall–Kier alpha value is -3.27. The molecule has 7 nitrogen and oxygen atoms in total. The van der Waals surface area contributed by atoms with Crippen molar-refractivity contribution in [3.8, 4) is 0 Å². The molecular formula is C22H18ClFN2O5S. The van der Waals surface area contributed by atoms with E-state index in [0.717, 1.165) is 23.8 Å². The lowest BCUT2D eigenvalue weighted by Crippen LogP contribution is -2.24. The van der Waals surface area contributed by atoms with Gasteiger partial charge in [0.25, 0.3) is 5.91 Å². The molecule has 32 heavy (non-hydrogen) atoms. The molecule has 0 aliphatic heterocycles. The highest BCUT2D eigenvalue weighted by Gasteiger charge is 2.20. The van der Waals surface area contributed by atoms with Crippen LogP contribution in [0.3, 0.4) is 0 Å². The molecule has 10 heteroatoms. The van der Waals surface area contributed by atoms with E-state index in [-0.39, 0.29) is 17.0 Å². The topological polar surface area (TPSA) is 113 Å². The molecule has 3 N–H and O–H groups in total. The smallest absolute Gasteiger partial charge is 0.335 e. The minimum Gasteiger partial charge on any atom is -0.478 e. The number of nitrogens with one attached hydrogen (secondary N) is 2. The summed E-state index contributed by atoms with van der Waals surface area (Å²) in [5.41, 5.74) is 1.28. The van der Waals surface area contributed by atoms with E-state index in [9.17, 15) is 22.4 Å². The number of carbonyl (C=O) groups excluding carboxylic acids is 1. The van der Waals surface area contributed by atoms with E-state index < -0.39 is 33.3 Å². The van der Waals surface area contributed by atoms with Gasteiger partial charge in [0.05, 0.1) is 16.0 Å². The first kappa shape index (κ1) is 23.4. The van der Waals surface area contributed by atoms with Crippen molar-refractivity contribution in [2.24, 2.45) is 0 Å². The van der Waals surface area contributed by atoms with Crippen LogP contribution in [0.1, 0.15) is 31.8 Å². The highest BCUT2D eigenvalue weighted by molar-refractivity contribution is 7.89. The van der Waals surface area contributed by atoms with Crippen molar-refractivity contribution in [3.63, 3.8) is 0 Å². The zero-order valence-electron chi connectivity index (χ0n) is 16.7. The Kier molecular flexibility index (Phi) is 6.93. The third kappa shape index (κ3) is 5.50. The van der Waals surface area contributed by atoms with Gasteiger partial charge in [0.2, 0.25) is 10.0 Å². The molecule has 0 fully saturated rings. The van der Waals surface area contributed by atoms with Crippen molar-refractivity contribution < 1.29 is 27.5 Å². The number of rotatable bonds is 7. The van der Waals surface area contributed by atoms with Gasteiger partial charge in [0, 0.05) is 17.3 Å². The molecule has 1 amide bonds. The van der Waals surface area contributed by atoms with E-state index >= 15 is 0 Å². The number of hydrogen-bond acceptors (Lipinski definition) is 4. The molecule has 0 radical (unpaired) electrons. The second-order valence-corrected chi connectivity index (χ2v) is 9.06. The van der Waals surface area contributed by atoms with Gasteiger partial charge in [0.1, 0.15) is 5.82 Å². The number of aryl methyl sites for hydroxylation is 1. The molecule has 0 aliphatic rings. The fourth-order valence-corrected chi connectivity index (χ4v) is 3.97. The summed E-state index contributed by atoms with van der Waals surface area (Å²) in [5.74, 6) is -2.81. The normalized spacial score (nSPS) is 11.2. The highest BCUT2D eigenvalue weighted by atomic mass is 35.5. The number of benzene rings is 3. The molecule has 3 rings (SSSR count). The first-order valence-electron chi connectivity index (χ1n) is 9.26. The molecule has 0 aliphatic carbocycles. The van der Waals surface area contributed by atoms with Crippen LogP contribution in [-0.4, -0.2) is 25.4 Å². The summed E-state index contributed by atoms with van der Waals surface area (Å²) >= 11 is 6.03. The van der Waals surface area contributed by atoms with E-state index in [1.54, 1.807) is 19.1 Å². The Morgan fingerprint density at radius 2 is 1.72 bits per heavy atom. The van der Waals surface area contributed by atoms with E-state index in [1.807, 2.05) is 0 Å². The van der Waals surface area contributed by atoms with Gasteiger partial charge in [-0.3, -0.25) is 4.79 Å². The molecule has 0 saturated carbocycles. The molecule has 0 heterocycles. The fraction of sp³-hybridized carbons (Fsp3) is 0.0909. The lowest BCUT2D eigenvalue weighted by Gasteiger charge is -2.11. The van der Waals surface area contributed by atoms with Gasteiger partial charge >= 0.3 is 5.97 Å². The lowest BCUT2D eigenvalue weighted by molar-refractivity contribution is 0.0696. The lowest BCUT2D eigenvalue weighted by atomic mass is 10.1. The number of carboxylic acid groups (broad SMARTS) is 1. The summed E-state index contributed by atoms with van der Waals surface area (Å²) in [5, 5.41) is 11.8. The molecule has 3 aromatic rings. The van der Waals surface area contributed by atoms with E-state index in [2.05, 4.69) is 10.0 Å². The minimum absolute atomic E-state index is 0.0701. The third-order valence-electron chi connectivity index (χ3n) is 4.59. The summed E-state index contributed by atoms with van der Waals surface area (Å²) in [6.07, 6.45) is 0. The van der Waals surface area contributed by atoms with Crippen LogP contribution in [0.2, 0.25) is 5.02 Å². The van der Waals surface area contributed by atoms with Crippen LogP contribution in [0, 0.1) is 12.7 Å². The molecule has 0 saturated heterocycles. The summed E-state index contributed by atoms with van der Waals surface area (Å²) in [6, 6.07) is 13.3. The first-order valence-corrected chi connectivity index (χ1v) is 11.1. The van der Waals surface area contributed by atoms with Crippen molar-refractivity contribution in [1.82, 2.24) is 4.72 Å². The van der Waals surface area contributed by atoms with Crippen molar-refractivity contribution >= 4 is 39.2 Å². The molecule has 0 aromatic heterocycles. The molecule has 0 unspecified atom stereocenters. The third-order valence-corrected chi connectivity index (χ3v) is 6.40. The van der Waals surface area contributed by atoms with E-state index in [0.29, 0.717) is 16.3 Å². The van der Waals surface area contributed by atoms with Gasteiger partial charge in [-0.05, 0) is 60.5 Å². The summed E-state index contributed by atoms with van der Waals surface area (Å²) in [7, 11) is -4.08. The van der Waals surface area contributed by atoms with Crippen molar-refractivity contribution in [3.05, 3.63) is 93.8 Å². The average molecular weight is 477 g/mol. The van der Waals surface area contributed by atoms with Crippen molar-refractivity contribution in [2.45, 2.75) is 18.4 Å². The number of sulfonamides is 1. The van der Waals surface area contributed by atoms with Crippen LogP contribution in [0.5, 0.6) is 0 Å². The van der Waals surface area contributed by atoms with Crippen LogP contribution >= 0.6 is 11.6 Å². The summed E-state index contributed by atoms with van der Waals surface area (Å²) < 4.78 is 41.9. The molecular weight excluding hydrogens is 459 g/mol. The predicted molar refractivity (Wildman–Crippen MR) is 118 cm³/mol. The van der Waals surface area contributed by atoms with Gasteiger partial charge < -0.3 is 10.4 Å². The summed E-state index contributed by atoms with van der Waals surface area (Å²) in [6.45, 7) is 1.67.